The van der Waals surface area contributed by atoms with Gasteiger partial charge in [-0.15, -0.1) is 12.4 Å². The number of hydrogen-bond donors (Lipinski definition) is 1. The maximum absolute atomic E-state index is 12.5. The molecule has 1 aromatic heterocycles. The Morgan fingerprint density at radius 3 is 2.40 bits per heavy atom. The van der Waals surface area contributed by atoms with E-state index >= 15 is 0 Å². The smallest absolute Gasteiger partial charge is 0.329 e. The van der Waals surface area contributed by atoms with Crippen molar-refractivity contribution in [2.24, 2.45) is 4.36 Å². The van der Waals surface area contributed by atoms with Gasteiger partial charge in [-0.25, -0.2) is 8.57 Å². The van der Waals surface area contributed by atoms with Crippen molar-refractivity contribution in [3.8, 4) is 11.4 Å². The normalized spacial score (nSPS) is 16.9. The molecule has 0 radical (unpaired) electrons. The van der Waals surface area contributed by atoms with Gasteiger partial charge in [-0.05, 0) is 5.56 Å². The molecule has 0 saturated carbocycles. The molecule has 2 heterocycles. The van der Waals surface area contributed by atoms with Crippen molar-refractivity contribution in [3.05, 3.63) is 35.7 Å². The van der Waals surface area contributed by atoms with Gasteiger partial charge < -0.3 is 9.84 Å². The van der Waals surface area contributed by atoms with E-state index in [1.807, 2.05) is 0 Å². The molecule has 6 nitrogen and oxygen atoms in total. The summed E-state index contributed by atoms with van der Waals surface area (Å²) in [6, 6.07) is 6.58. The number of alkyl halides is 3. The second-order valence-corrected chi connectivity index (χ2v) is 7.96. The maximum Gasteiger partial charge on any atom is 0.471 e. The van der Waals surface area contributed by atoms with Crippen LogP contribution in [-0.2, 0) is 22.5 Å². The summed E-state index contributed by atoms with van der Waals surface area (Å²) in [4.78, 5) is 3.33. The van der Waals surface area contributed by atoms with Crippen LogP contribution in [0.5, 0.6) is 0 Å². The molecule has 138 valence electrons. The zero-order valence-electron chi connectivity index (χ0n) is 13.0. The maximum atomic E-state index is 12.5. The van der Waals surface area contributed by atoms with Crippen molar-refractivity contribution < 1.29 is 21.9 Å². The molecule has 1 saturated heterocycles. The summed E-state index contributed by atoms with van der Waals surface area (Å²) < 4.78 is 58.3. The van der Waals surface area contributed by atoms with E-state index in [-0.39, 0.29) is 18.2 Å². The Morgan fingerprint density at radius 2 is 1.84 bits per heavy atom. The average Bonchev–Trinajstić information content (AvgIpc) is 3.05. The predicted molar refractivity (Wildman–Crippen MR) is 88.9 cm³/mol. The van der Waals surface area contributed by atoms with Crippen LogP contribution in [0.3, 0.4) is 0 Å². The molecule has 0 aliphatic carbocycles. The Balaban J connectivity index is 0.00000225. The van der Waals surface area contributed by atoms with Crippen LogP contribution in [0.2, 0.25) is 0 Å². The average molecular weight is 397 g/mol. The van der Waals surface area contributed by atoms with Crippen molar-refractivity contribution in [1.29, 1.82) is 0 Å². The summed E-state index contributed by atoms with van der Waals surface area (Å²) in [5.74, 6) is -0.433. The van der Waals surface area contributed by atoms with E-state index in [2.05, 4.69) is 24.3 Å². The van der Waals surface area contributed by atoms with Crippen LogP contribution < -0.4 is 5.32 Å². The number of nitrogens with zero attached hydrogens (tertiary/aromatic N) is 3. The lowest BCUT2D eigenvalue weighted by Crippen LogP contribution is -2.35. The van der Waals surface area contributed by atoms with Crippen molar-refractivity contribution in [2.45, 2.75) is 12.7 Å². The molecule has 1 fully saturated rings. The van der Waals surface area contributed by atoms with E-state index in [1.54, 1.807) is 24.3 Å². The van der Waals surface area contributed by atoms with Gasteiger partial charge in [-0.2, -0.15) is 18.2 Å². The molecule has 25 heavy (non-hydrogen) atoms. The standard InChI is InChI=1S/C14H15F3N4O2S.ClH/c15-14(16,17)13-20-12(21-23-13)11-3-1-10(2-4-11)9-19-24(22)7-5-18-6-8-24;/h1-4,18H,5-9H2;1H. The van der Waals surface area contributed by atoms with Crippen LogP contribution in [-0.4, -0.2) is 38.9 Å². The van der Waals surface area contributed by atoms with Gasteiger partial charge in [0.25, 0.3) is 0 Å². The number of rotatable bonds is 3. The second kappa shape index (κ2) is 7.71. The zero-order valence-corrected chi connectivity index (χ0v) is 14.6. The van der Waals surface area contributed by atoms with Gasteiger partial charge in [0.05, 0.1) is 6.54 Å². The molecular formula is C14H16ClF3N4O2S. The van der Waals surface area contributed by atoms with Crippen LogP contribution in [0.1, 0.15) is 11.5 Å². The van der Waals surface area contributed by atoms with Crippen LogP contribution in [0, 0.1) is 0 Å². The molecule has 0 atom stereocenters. The third-order valence-corrected chi connectivity index (χ3v) is 5.84. The molecule has 2 aromatic rings. The fourth-order valence-electron chi connectivity index (χ4n) is 2.23. The van der Waals surface area contributed by atoms with Crippen molar-refractivity contribution in [1.82, 2.24) is 15.5 Å². The second-order valence-electron chi connectivity index (χ2n) is 5.34. The quantitative estimate of drug-likeness (QED) is 0.862. The summed E-state index contributed by atoms with van der Waals surface area (Å²) in [6.07, 6.45) is -4.66. The SMILES string of the molecule is Cl.O=S1(=NCc2ccc(-c3noc(C(F)(F)F)n3)cc2)CCNCC1. The Labute approximate surface area is 148 Å². The lowest BCUT2D eigenvalue weighted by atomic mass is 10.1. The van der Waals surface area contributed by atoms with Crippen molar-refractivity contribution in [3.63, 3.8) is 0 Å². The summed E-state index contributed by atoms with van der Waals surface area (Å²) in [5.41, 5.74) is 1.23. The molecule has 11 heteroatoms. The highest BCUT2D eigenvalue weighted by Crippen LogP contribution is 2.29. The molecule has 1 aromatic carbocycles. The Hall–Kier alpha value is -1.65. The summed E-state index contributed by atoms with van der Waals surface area (Å²) in [6.45, 7) is 1.69. The van der Waals surface area contributed by atoms with E-state index in [4.69, 9.17) is 0 Å². The number of hydrogen-bond acceptors (Lipinski definition) is 6. The Bertz CT molecular complexity index is 817. The minimum absolute atomic E-state index is 0. The zero-order chi connectivity index (χ0) is 17.2. The molecule has 3 rings (SSSR count). The highest BCUT2D eigenvalue weighted by Gasteiger charge is 2.38. The molecule has 0 spiro atoms. The first kappa shape index (κ1) is 19.7. The van der Waals surface area contributed by atoms with Gasteiger partial charge in [0, 0.05) is 39.9 Å². The third kappa shape index (κ3) is 4.93. The van der Waals surface area contributed by atoms with Gasteiger partial charge in [-0.1, -0.05) is 29.4 Å². The van der Waals surface area contributed by atoms with E-state index < -0.39 is 21.8 Å². The molecule has 0 bridgehead atoms. The van der Waals surface area contributed by atoms with Crippen molar-refractivity contribution in [2.75, 3.05) is 24.6 Å². The molecule has 1 aliphatic rings. The van der Waals surface area contributed by atoms with Gasteiger partial charge in [0.15, 0.2) is 0 Å². The molecule has 0 amide bonds. The lowest BCUT2D eigenvalue weighted by molar-refractivity contribution is -0.159. The number of benzene rings is 1. The van der Waals surface area contributed by atoms with E-state index in [0.717, 1.165) is 5.56 Å². The Morgan fingerprint density at radius 1 is 1.20 bits per heavy atom. The lowest BCUT2D eigenvalue weighted by Gasteiger charge is -2.16. The molecule has 1 aliphatic heterocycles. The first-order valence-corrected chi connectivity index (χ1v) is 9.10. The van der Waals surface area contributed by atoms with E-state index in [9.17, 15) is 17.4 Å². The van der Waals surface area contributed by atoms with Crippen LogP contribution in [0.15, 0.2) is 33.2 Å². The van der Waals surface area contributed by atoms with Gasteiger partial charge in [0.2, 0.25) is 5.82 Å². The largest absolute Gasteiger partial charge is 0.471 e. The summed E-state index contributed by atoms with van der Waals surface area (Å²) in [5, 5.41) is 6.46. The van der Waals surface area contributed by atoms with Crippen LogP contribution in [0.25, 0.3) is 11.4 Å². The fraction of sp³-hybridized carbons (Fsp3) is 0.429. The van der Waals surface area contributed by atoms with Gasteiger partial charge >= 0.3 is 12.1 Å². The monoisotopic (exact) mass is 396 g/mol. The fourth-order valence-corrected chi connectivity index (χ4v) is 4.00. The number of halogens is 4. The Kier molecular flexibility index (Phi) is 6.07. The number of nitrogens with one attached hydrogen (secondary N) is 1. The first-order chi connectivity index (χ1) is 11.4. The molecule has 1 N–H and O–H groups in total. The predicted octanol–water partition coefficient (Wildman–Crippen LogP) is 2.75. The summed E-state index contributed by atoms with van der Waals surface area (Å²) in [7, 11) is -2.17. The topological polar surface area (TPSA) is 80.4 Å². The third-order valence-electron chi connectivity index (χ3n) is 3.56. The number of aromatic nitrogens is 2. The van der Waals surface area contributed by atoms with Crippen LogP contribution >= 0.6 is 12.4 Å². The molecular weight excluding hydrogens is 381 g/mol. The first-order valence-electron chi connectivity index (χ1n) is 7.25. The van der Waals surface area contributed by atoms with E-state index in [0.29, 0.717) is 36.7 Å². The van der Waals surface area contributed by atoms with Crippen molar-refractivity contribution >= 4 is 22.1 Å². The van der Waals surface area contributed by atoms with Gasteiger partial charge in [-0.3, -0.25) is 0 Å². The summed E-state index contributed by atoms with van der Waals surface area (Å²) >= 11 is 0. The highest BCUT2D eigenvalue weighted by molar-refractivity contribution is 7.93. The van der Waals surface area contributed by atoms with Gasteiger partial charge in [0.1, 0.15) is 0 Å². The molecule has 0 unspecified atom stereocenters. The minimum Gasteiger partial charge on any atom is -0.329 e. The minimum atomic E-state index is -4.66. The van der Waals surface area contributed by atoms with Crippen LogP contribution in [0.4, 0.5) is 13.2 Å². The highest BCUT2D eigenvalue weighted by atomic mass is 35.5. The van der Waals surface area contributed by atoms with E-state index in [1.165, 1.54) is 0 Å².